The van der Waals surface area contributed by atoms with Gasteiger partial charge in [-0.15, -0.1) is 0 Å². The quantitative estimate of drug-likeness (QED) is 0.703. The summed E-state index contributed by atoms with van der Waals surface area (Å²) in [5, 5.41) is 11.8. The number of carbonyl (C=O) groups is 3. The molecule has 29 heavy (non-hydrogen) atoms. The van der Waals surface area contributed by atoms with Gasteiger partial charge in [-0.25, -0.2) is 4.79 Å². The van der Waals surface area contributed by atoms with Crippen molar-refractivity contribution in [2.24, 2.45) is 11.3 Å². The lowest BCUT2D eigenvalue weighted by atomic mass is 9.78. The first-order valence-electron chi connectivity index (χ1n) is 9.49. The molecule has 0 aromatic heterocycles. The van der Waals surface area contributed by atoms with Crippen LogP contribution in [0.1, 0.15) is 60.8 Å². The summed E-state index contributed by atoms with van der Waals surface area (Å²) in [7, 11) is 0. The van der Waals surface area contributed by atoms with Crippen molar-refractivity contribution < 1.29 is 37.4 Å². The number of hydrogen-bond acceptors (Lipinski definition) is 4. The predicted octanol–water partition coefficient (Wildman–Crippen LogP) is 3.57. The van der Waals surface area contributed by atoms with Crippen LogP contribution >= 0.6 is 0 Å². The van der Waals surface area contributed by atoms with Crippen molar-refractivity contribution in [1.82, 2.24) is 10.2 Å². The molecule has 0 aliphatic carbocycles. The SMILES string of the molecule is CC(C)(C)OC(=O)N[C@@H](CC(=O)O)C(N1CC(C(F)(F)F)CCC1=O)C(C)(C)C. The number of piperidine rings is 1. The Bertz CT molecular complexity index is 623. The van der Waals surface area contributed by atoms with Crippen LogP contribution in [0.3, 0.4) is 0 Å². The molecule has 1 rings (SSSR count). The molecule has 2 N–H and O–H groups in total. The Morgan fingerprint density at radius 1 is 1.21 bits per heavy atom. The summed E-state index contributed by atoms with van der Waals surface area (Å²) in [6, 6.07) is -2.10. The largest absolute Gasteiger partial charge is 0.481 e. The van der Waals surface area contributed by atoms with E-state index in [1.54, 1.807) is 41.5 Å². The average molecular weight is 424 g/mol. The van der Waals surface area contributed by atoms with Crippen LogP contribution in [0.4, 0.5) is 18.0 Å². The Kier molecular flexibility index (Phi) is 7.59. The molecular weight excluding hydrogens is 393 g/mol. The fraction of sp³-hybridized carbons (Fsp3) is 0.842. The van der Waals surface area contributed by atoms with Crippen LogP contribution in [0.2, 0.25) is 0 Å². The minimum atomic E-state index is -4.47. The molecule has 1 heterocycles. The summed E-state index contributed by atoms with van der Waals surface area (Å²) in [5.74, 6) is -3.44. The van der Waals surface area contributed by atoms with E-state index in [0.29, 0.717) is 0 Å². The molecule has 1 fully saturated rings. The van der Waals surface area contributed by atoms with Gasteiger partial charge < -0.3 is 20.1 Å². The van der Waals surface area contributed by atoms with Gasteiger partial charge in [0.2, 0.25) is 5.91 Å². The van der Waals surface area contributed by atoms with Crippen LogP contribution in [0.15, 0.2) is 0 Å². The summed E-state index contributed by atoms with van der Waals surface area (Å²) < 4.78 is 45.0. The zero-order valence-electron chi connectivity index (χ0n) is 17.7. The van der Waals surface area contributed by atoms with Crippen molar-refractivity contribution >= 4 is 18.0 Å². The second kappa shape index (κ2) is 8.79. The molecule has 0 aromatic rings. The summed E-state index contributed by atoms with van der Waals surface area (Å²) >= 11 is 0. The van der Waals surface area contributed by atoms with Crippen LogP contribution in [0, 0.1) is 11.3 Å². The smallest absolute Gasteiger partial charge is 0.407 e. The first kappa shape index (κ1) is 25.0. The lowest BCUT2D eigenvalue weighted by Crippen LogP contribution is -2.62. The highest BCUT2D eigenvalue weighted by molar-refractivity contribution is 5.78. The molecule has 0 radical (unpaired) electrons. The Balaban J connectivity index is 3.26. The topological polar surface area (TPSA) is 95.9 Å². The molecule has 2 unspecified atom stereocenters. The number of aliphatic carboxylic acids is 1. The number of carbonyl (C=O) groups excluding carboxylic acids is 2. The molecule has 168 valence electrons. The first-order chi connectivity index (χ1) is 12.9. The van der Waals surface area contributed by atoms with Gasteiger partial charge >= 0.3 is 18.2 Å². The number of amides is 2. The van der Waals surface area contributed by atoms with Gasteiger partial charge in [0.25, 0.3) is 0 Å². The van der Waals surface area contributed by atoms with E-state index in [2.05, 4.69) is 5.32 Å². The maximum absolute atomic E-state index is 13.3. The number of rotatable bonds is 5. The second-order valence-electron chi connectivity index (χ2n) is 9.48. The van der Waals surface area contributed by atoms with Gasteiger partial charge in [0.1, 0.15) is 5.60 Å². The van der Waals surface area contributed by atoms with Gasteiger partial charge in [0, 0.05) is 13.0 Å². The summed E-state index contributed by atoms with van der Waals surface area (Å²) in [6.45, 7) is 9.37. The molecule has 0 aromatic carbocycles. The number of likely N-dealkylation sites (tertiary alicyclic amines) is 1. The normalized spacial score (nSPS) is 20.8. The van der Waals surface area contributed by atoms with E-state index in [9.17, 15) is 32.7 Å². The number of ether oxygens (including phenoxy) is 1. The van der Waals surface area contributed by atoms with Crippen LogP contribution in [0.5, 0.6) is 0 Å². The molecule has 3 atom stereocenters. The third kappa shape index (κ3) is 7.74. The van der Waals surface area contributed by atoms with Crippen LogP contribution < -0.4 is 5.32 Å². The maximum Gasteiger partial charge on any atom is 0.407 e. The third-order valence-corrected chi connectivity index (χ3v) is 4.61. The van der Waals surface area contributed by atoms with Crippen LogP contribution in [0.25, 0.3) is 0 Å². The van der Waals surface area contributed by atoms with Gasteiger partial charge in [-0.05, 0) is 32.6 Å². The van der Waals surface area contributed by atoms with Crippen molar-refractivity contribution in [3.8, 4) is 0 Å². The van der Waals surface area contributed by atoms with Crippen molar-refractivity contribution in [3.63, 3.8) is 0 Å². The van der Waals surface area contributed by atoms with E-state index in [-0.39, 0.29) is 12.8 Å². The van der Waals surface area contributed by atoms with E-state index in [0.717, 1.165) is 4.90 Å². The van der Waals surface area contributed by atoms with E-state index < -0.39 is 66.1 Å². The minimum absolute atomic E-state index is 0.289. The molecule has 7 nitrogen and oxygen atoms in total. The number of hydrogen-bond donors (Lipinski definition) is 2. The third-order valence-electron chi connectivity index (χ3n) is 4.61. The summed E-state index contributed by atoms with van der Waals surface area (Å²) in [6.07, 6.45) is -6.53. The number of carboxylic acid groups (broad SMARTS) is 1. The maximum atomic E-state index is 13.3. The van der Waals surface area contributed by atoms with Gasteiger partial charge in [-0.1, -0.05) is 20.8 Å². The molecule has 1 saturated heterocycles. The number of nitrogens with one attached hydrogen (secondary N) is 1. The van der Waals surface area contributed by atoms with E-state index in [4.69, 9.17) is 4.74 Å². The van der Waals surface area contributed by atoms with Gasteiger partial charge in [-0.2, -0.15) is 13.2 Å². The zero-order valence-corrected chi connectivity index (χ0v) is 17.7. The Morgan fingerprint density at radius 2 is 1.76 bits per heavy atom. The van der Waals surface area contributed by atoms with Gasteiger partial charge in [0.15, 0.2) is 0 Å². The Morgan fingerprint density at radius 3 is 2.17 bits per heavy atom. The highest BCUT2D eigenvalue weighted by Gasteiger charge is 2.49. The lowest BCUT2D eigenvalue weighted by Gasteiger charge is -2.47. The van der Waals surface area contributed by atoms with Gasteiger partial charge in [0.05, 0.1) is 24.4 Å². The molecule has 1 aliphatic heterocycles. The fourth-order valence-corrected chi connectivity index (χ4v) is 3.58. The number of alkyl halides is 3. The lowest BCUT2D eigenvalue weighted by molar-refractivity contribution is -0.194. The highest BCUT2D eigenvalue weighted by Crippen LogP contribution is 2.38. The summed E-state index contributed by atoms with van der Waals surface area (Å²) in [4.78, 5) is 37.3. The highest BCUT2D eigenvalue weighted by atomic mass is 19.4. The summed E-state index contributed by atoms with van der Waals surface area (Å²) in [5.41, 5.74) is -1.66. The molecule has 0 bridgehead atoms. The molecule has 0 saturated carbocycles. The number of alkyl carbamates (subject to hydrolysis) is 1. The number of nitrogens with zero attached hydrogens (tertiary/aromatic N) is 1. The van der Waals surface area contributed by atoms with Gasteiger partial charge in [-0.3, -0.25) is 9.59 Å². The van der Waals surface area contributed by atoms with E-state index in [1.165, 1.54) is 0 Å². The monoisotopic (exact) mass is 424 g/mol. The van der Waals surface area contributed by atoms with Crippen molar-refractivity contribution in [3.05, 3.63) is 0 Å². The van der Waals surface area contributed by atoms with Crippen LogP contribution in [-0.2, 0) is 14.3 Å². The minimum Gasteiger partial charge on any atom is -0.481 e. The molecule has 2 amide bonds. The first-order valence-corrected chi connectivity index (χ1v) is 9.49. The Hall–Kier alpha value is -2.00. The van der Waals surface area contributed by atoms with E-state index in [1.807, 2.05) is 0 Å². The fourth-order valence-electron chi connectivity index (χ4n) is 3.58. The predicted molar refractivity (Wildman–Crippen MR) is 99.1 cm³/mol. The standard InChI is InChI=1S/C19H31F3N2O5/c1-17(2,3)15(24-10-11(19(20,21)22)7-8-13(24)25)12(9-14(26)27)23-16(28)29-18(4,5)6/h11-12,15H,7-10H2,1-6H3,(H,23,28)(H,26,27)/t11?,12-,15?/m0/s1. The molecular formula is C19H31F3N2O5. The van der Waals surface area contributed by atoms with Crippen molar-refractivity contribution in [1.29, 1.82) is 0 Å². The van der Waals surface area contributed by atoms with Crippen molar-refractivity contribution in [2.75, 3.05) is 6.54 Å². The van der Waals surface area contributed by atoms with E-state index >= 15 is 0 Å². The number of carboxylic acids is 1. The Labute approximate surface area is 169 Å². The molecule has 10 heteroatoms. The zero-order chi connectivity index (χ0) is 22.8. The second-order valence-corrected chi connectivity index (χ2v) is 9.48. The number of halogens is 3. The van der Waals surface area contributed by atoms with Crippen molar-refractivity contribution in [2.45, 2.75) is 84.7 Å². The average Bonchev–Trinajstić information content (AvgIpc) is 2.43. The molecule has 1 aliphatic rings. The van der Waals surface area contributed by atoms with Crippen LogP contribution in [-0.4, -0.2) is 58.4 Å². The molecule has 0 spiro atoms.